The Morgan fingerprint density at radius 2 is 2.03 bits per heavy atom. The molecule has 190 valence electrons. The number of aromatic amines is 1. The molecule has 0 radical (unpaired) electrons. The normalized spacial score (nSPS) is 22.8. The van der Waals surface area contributed by atoms with Crippen molar-refractivity contribution in [2.45, 2.75) is 64.8 Å². The number of nitrogens with zero attached hydrogens (tertiary/aromatic N) is 1. The number of amides is 1. The quantitative estimate of drug-likeness (QED) is 0.375. The molecule has 6 nitrogen and oxygen atoms in total. The third kappa shape index (κ3) is 4.56. The number of rotatable bonds is 5. The van der Waals surface area contributed by atoms with Gasteiger partial charge in [0, 0.05) is 36.1 Å². The van der Waals surface area contributed by atoms with E-state index >= 15 is 0 Å². The van der Waals surface area contributed by atoms with Crippen LogP contribution in [0.15, 0.2) is 60.1 Å². The van der Waals surface area contributed by atoms with Gasteiger partial charge in [-0.05, 0) is 104 Å². The molecule has 5 rings (SSSR count). The molecule has 5 N–H and O–H groups in total. The second-order valence-electron chi connectivity index (χ2n) is 10.5. The number of allylic oxidation sites excluding steroid dienone is 4. The number of carbonyl (C=O) groups is 1. The van der Waals surface area contributed by atoms with Gasteiger partial charge >= 0.3 is 0 Å². The van der Waals surface area contributed by atoms with E-state index in [1.807, 2.05) is 17.9 Å². The zero-order valence-electron chi connectivity index (χ0n) is 21.7. The summed E-state index contributed by atoms with van der Waals surface area (Å²) in [4.78, 5) is 18.6. The molecule has 2 unspecified atom stereocenters. The van der Waals surface area contributed by atoms with E-state index in [4.69, 9.17) is 5.21 Å². The standard InChI is InChI=1S/C30H38N4O2/c1-4-21(9-13-33-36)17-25(35)34-14-10-22(11-15-34)28-27-24(8-7-23-6-5-12-31-30(23)28)16-19(2)29-26(27)20(3)18-32-29/h4-6,9,12-13,16,18,22,28,30-33,36H,7-8,10-11,14-15,17H2,1-3H3/p+1/b13-9-,21-4+. The Balaban J connectivity index is 1.44. The van der Waals surface area contributed by atoms with Crippen LogP contribution >= 0.6 is 0 Å². The van der Waals surface area contributed by atoms with Crippen LogP contribution in [0.3, 0.4) is 0 Å². The Bertz CT molecular complexity index is 1260. The Morgan fingerprint density at radius 1 is 1.22 bits per heavy atom. The van der Waals surface area contributed by atoms with Gasteiger partial charge in [0.05, 0.1) is 12.5 Å². The molecular weight excluding hydrogens is 448 g/mol. The second kappa shape index (κ2) is 10.5. The molecule has 1 aromatic heterocycles. The maximum atomic E-state index is 13.1. The van der Waals surface area contributed by atoms with Crippen molar-refractivity contribution >= 4 is 16.8 Å². The molecule has 3 heterocycles. The minimum atomic E-state index is 0.171. The predicted molar refractivity (Wildman–Crippen MR) is 144 cm³/mol. The molecule has 1 aliphatic carbocycles. The number of likely N-dealkylation sites (tertiary alicyclic amines) is 1. The van der Waals surface area contributed by atoms with Crippen LogP contribution in [-0.4, -0.2) is 40.1 Å². The third-order valence-electron chi connectivity index (χ3n) is 8.46. The Morgan fingerprint density at radius 3 is 2.78 bits per heavy atom. The van der Waals surface area contributed by atoms with Gasteiger partial charge in [-0.15, -0.1) is 0 Å². The zero-order valence-corrected chi connectivity index (χ0v) is 21.7. The smallest absolute Gasteiger partial charge is 0.226 e. The molecule has 0 bridgehead atoms. The van der Waals surface area contributed by atoms with Crippen LogP contribution in [-0.2, 0) is 11.2 Å². The zero-order chi connectivity index (χ0) is 25.2. The molecule has 2 atom stereocenters. The Labute approximate surface area is 213 Å². The van der Waals surface area contributed by atoms with Crippen molar-refractivity contribution in [1.29, 1.82) is 0 Å². The predicted octanol–water partition coefficient (Wildman–Crippen LogP) is 4.27. The average molecular weight is 488 g/mol. The lowest BCUT2D eigenvalue weighted by Crippen LogP contribution is -2.73. The summed E-state index contributed by atoms with van der Waals surface area (Å²) in [7, 11) is 0. The molecule has 0 saturated carbocycles. The summed E-state index contributed by atoms with van der Waals surface area (Å²) in [5, 5.41) is 14.1. The molecule has 2 aliphatic heterocycles. The van der Waals surface area contributed by atoms with E-state index in [1.165, 1.54) is 38.7 Å². The lowest BCUT2D eigenvalue weighted by atomic mass is 9.72. The number of dihydropyridines is 1. The topological polar surface area (TPSA) is 85.0 Å². The summed E-state index contributed by atoms with van der Waals surface area (Å²) >= 11 is 0. The van der Waals surface area contributed by atoms with Crippen LogP contribution in [0, 0.1) is 19.8 Å². The molecule has 36 heavy (non-hydrogen) atoms. The molecule has 1 fully saturated rings. The third-order valence-corrected chi connectivity index (χ3v) is 8.46. The average Bonchev–Trinajstić information content (AvgIpc) is 3.21. The SMILES string of the molecule is C/C=C(\C=C/[NH2+]O)CC(=O)N1CCC(C2c3c(cc(C)c4[nH]cc(C)c34)CCC3=CC=CNC32)CC1. The number of piperidine rings is 1. The van der Waals surface area contributed by atoms with Gasteiger partial charge in [-0.2, -0.15) is 5.48 Å². The highest BCUT2D eigenvalue weighted by molar-refractivity contribution is 5.91. The number of aromatic nitrogens is 1. The lowest BCUT2D eigenvalue weighted by Gasteiger charge is -2.41. The van der Waals surface area contributed by atoms with Gasteiger partial charge in [-0.1, -0.05) is 18.2 Å². The van der Waals surface area contributed by atoms with E-state index in [0.717, 1.165) is 49.8 Å². The summed E-state index contributed by atoms with van der Waals surface area (Å²) < 4.78 is 0. The summed E-state index contributed by atoms with van der Waals surface area (Å²) in [5.74, 6) is 1.05. The molecule has 6 heteroatoms. The summed E-state index contributed by atoms with van der Waals surface area (Å²) in [6.45, 7) is 7.98. The van der Waals surface area contributed by atoms with Crippen LogP contribution in [0.25, 0.3) is 10.9 Å². The maximum absolute atomic E-state index is 13.1. The van der Waals surface area contributed by atoms with Gasteiger partial charge in [0.25, 0.3) is 0 Å². The first kappa shape index (κ1) is 24.6. The van der Waals surface area contributed by atoms with Gasteiger partial charge in [0.15, 0.2) is 0 Å². The van der Waals surface area contributed by atoms with E-state index in [0.29, 0.717) is 24.3 Å². The largest absolute Gasteiger partial charge is 0.384 e. The number of nitrogens with one attached hydrogen (secondary N) is 2. The van der Waals surface area contributed by atoms with Crippen LogP contribution in [0.1, 0.15) is 60.8 Å². The highest BCUT2D eigenvalue weighted by Crippen LogP contribution is 2.47. The van der Waals surface area contributed by atoms with Crippen LogP contribution in [0.2, 0.25) is 0 Å². The summed E-state index contributed by atoms with van der Waals surface area (Å²) in [6, 6.07) is 2.72. The number of hydroxylamine groups is 1. The fourth-order valence-corrected chi connectivity index (χ4v) is 6.63. The van der Waals surface area contributed by atoms with Gasteiger partial charge < -0.3 is 15.2 Å². The van der Waals surface area contributed by atoms with Crippen molar-refractivity contribution in [2.24, 2.45) is 5.92 Å². The summed E-state index contributed by atoms with van der Waals surface area (Å²) in [5.41, 5.74) is 10.4. The first-order chi connectivity index (χ1) is 17.5. The van der Waals surface area contributed by atoms with Crippen molar-refractivity contribution in [3.63, 3.8) is 0 Å². The minimum Gasteiger partial charge on any atom is -0.384 e. The monoisotopic (exact) mass is 487 g/mol. The second-order valence-corrected chi connectivity index (χ2v) is 10.5. The molecule has 1 saturated heterocycles. The Kier molecular flexibility index (Phi) is 7.17. The maximum Gasteiger partial charge on any atom is 0.226 e. The molecule has 0 spiro atoms. The number of nitrogens with two attached hydrogens (primary N) is 1. The van der Waals surface area contributed by atoms with E-state index in [9.17, 15) is 4.79 Å². The van der Waals surface area contributed by atoms with Crippen LogP contribution in [0.4, 0.5) is 0 Å². The van der Waals surface area contributed by atoms with Crippen molar-refractivity contribution in [2.75, 3.05) is 13.1 Å². The number of hydrogen-bond acceptors (Lipinski definition) is 3. The Hall–Kier alpha value is -3.09. The molecular formula is C30H39N4O2+. The van der Waals surface area contributed by atoms with E-state index < -0.39 is 0 Å². The highest BCUT2D eigenvalue weighted by atomic mass is 16.5. The first-order valence-electron chi connectivity index (χ1n) is 13.3. The number of aryl methyl sites for hydroxylation is 3. The first-order valence-corrected chi connectivity index (χ1v) is 13.3. The number of benzene rings is 1. The highest BCUT2D eigenvalue weighted by Gasteiger charge is 2.40. The van der Waals surface area contributed by atoms with E-state index in [1.54, 1.807) is 12.3 Å². The number of fused-ring (bicyclic) bond motifs is 4. The lowest BCUT2D eigenvalue weighted by molar-refractivity contribution is -0.838. The number of H-pyrrole nitrogens is 1. The van der Waals surface area contributed by atoms with Gasteiger partial charge in [-0.3, -0.25) is 4.79 Å². The van der Waals surface area contributed by atoms with Crippen molar-refractivity contribution < 1.29 is 15.5 Å². The molecule has 1 aromatic carbocycles. The molecule has 1 amide bonds. The van der Waals surface area contributed by atoms with Crippen LogP contribution < -0.4 is 10.8 Å². The van der Waals surface area contributed by atoms with Crippen molar-refractivity contribution in [3.8, 4) is 0 Å². The summed E-state index contributed by atoms with van der Waals surface area (Å²) in [6.07, 6.45) is 18.6. The van der Waals surface area contributed by atoms with Gasteiger partial charge in [0.2, 0.25) is 5.91 Å². The fraction of sp³-hybridized carbons (Fsp3) is 0.433. The minimum absolute atomic E-state index is 0.171. The van der Waals surface area contributed by atoms with E-state index in [-0.39, 0.29) is 5.91 Å². The fourth-order valence-electron chi connectivity index (χ4n) is 6.63. The van der Waals surface area contributed by atoms with Crippen molar-refractivity contribution in [3.05, 3.63) is 82.4 Å². The van der Waals surface area contributed by atoms with Crippen LogP contribution in [0.5, 0.6) is 0 Å². The van der Waals surface area contributed by atoms with Crippen molar-refractivity contribution in [1.82, 2.24) is 15.2 Å². The number of quaternary nitrogens is 1. The number of carbonyl (C=O) groups excluding carboxylic acids is 1. The number of hydrogen-bond donors (Lipinski definition) is 4. The molecule has 2 aromatic rings. The van der Waals surface area contributed by atoms with E-state index in [2.05, 4.69) is 54.8 Å². The van der Waals surface area contributed by atoms with Gasteiger partial charge in [-0.25, -0.2) is 5.21 Å². The molecule has 3 aliphatic rings. The van der Waals surface area contributed by atoms with Gasteiger partial charge in [0.1, 0.15) is 6.20 Å².